The molecule has 1 N–H and O–H groups in total. The third kappa shape index (κ3) is 3.83. The third-order valence-electron chi connectivity index (χ3n) is 3.32. The highest BCUT2D eigenvalue weighted by Crippen LogP contribution is 2.22. The summed E-state index contributed by atoms with van der Waals surface area (Å²) >= 11 is 0. The van der Waals surface area contributed by atoms with Crippen molar-refractivity contribution in [1.82, 2.24) is 5.32 Å². The molecule has 0 heterocycles. The Balaban J connectivity index is 1.92. The lowest BCUT2D eigenvalue weighted by atomic mass is 10.1. The molecule has 23 heavy (non-hydrogen) atoms. The fourth-order valence-electron chi connectivity index (χ4n) is 2.14. The number of benzene rings is 2. The summed E-state index contributed by atoms with van der Waals surface area (Å²) in [5, 5.41) is 2.40. The molecule has 0 spiro atoms. The number of halogens is 3. The molecule has 2 aromatic rings. The lowest BCUT2D eigenvalue weighted by Gasteiger charge is -2.12. The number of hydrogen-bond acceptors (Lipinski definition) is 2. The molecule has 0 radical (unpaired) electrons. The molecule has 0 aliphatic rings. The van der Waals surface area contributed by atoms with Gasteiger partial charge in [-0.15, -0.1) is 0 Å². The molecule has 0 saturated heterocycles. The maximum Gasteiger partial charge on any atom is 0.254 e. The van der Waals surface area contributed by atoms with Crippen LogP contribution < -0.4 is 10.1 Å². The number of ether oxygens (including phenoxy) is 1. The lowest BCUT2D eigenvalue weighted by molar-refractivity contribution is 0.0941. The molecule has 0 aromatic heterocycles. The van der Waals surface area contributed by atoms with Crippen molar-refractivity contribution in [1.29, 1.82) is 0 Å². The van der Waals surface area contributed by atoms with Crippen LogP contribution >= 0.6 is 0 Å². The van der Waals surface area contributed by atoms with Crippen LogP contribution in [0.5, 0.6) is 5.75 Å². The van der Waals surface area contributed by atoms with Gasteiger partial charge in [0.25, 0.3) is 5.91 Å². The van der Waals surface area contributed by atoms with Crippen molar-refractivity contribution >= 4 is 5.91 Å². The van der Waals surface area contributed by atoms with Gasteiger partial charge in [0.15, 0.2) is 17.5 Å². The first-order valence-corrected chi connectivity index (χ1v) is 7.02. The van der Waals surface area contributed by atoms with Gasteiger partial charge in [-0.2, -0.15) is 0 Å². The van der Waals surface area contributed by atoms with Crippen LogP contribution in [0.4, 0.5) is 13.2 Å². The second kappa shape index (κ2) is 7.17. The van der Waals surface area contributed by atoms with Crippen LogP contribution in [-0.4, -0.2) is 19.1 Å². The molecule has 0 unspecified atom stereocenters. The van der Waals surface area contributed by atoms with Gasteiger partial charge in [0.05, 0.1) is 12.1 Å². The Morgan fingerprint density at radius 2 is 1.70 bits per heavy atom. The first-order valence-electron chi connectivity index (χ1n) is 7.02. The Morgan fingerprint density at radius 1 is 1.04 bits per heavy atom. The largest absolute Gasteiger partial charge is 0.491 e. The van der Waals surface area contributed by atoms with Crippen molar-refractivity contribution in [2.75, 3.05) is 13.2 Å². The van der Waals surface area contributed by atoms with E-state index in [9.17, 15) is 18.0 Å². The summed E-state index contributed by atoms with van der Waals surface area (Å²) in [7, 11) is 0. The Hall–Kier alpha value is -2.50. The summed E-state index contributed by atoms with van der Waals surface area (Å²) in [6, 6.07) is 7.32. The minimum Gasteiger partial charge on any atom is -0.491 e. The second-order valence-corrected chi connectivity index (χ2v) is 5.05. The van der Waals surface area contributed by atoms with E-state index < -0.39 is 28.9 Å². The van der Waals surface area contributed by atoms with Gasteiger partial charge in [0.1, 0.15) is 12.4 Å². The second-order valence-electron chi connectivity index (χ2n) is 5.05. The number of para-hydroxylation sites is 1. The molecule has 1 amide bonds. The number of nitrogens with one attached hydrogen (secondary N) is 1. The predicted molar refractivity (Wildman–Crippen MR) is 80.1 cm³/mol. The summed E-state index contributed by atoms with van der Waals surface area (Å²) in [5.74, 6) is -4.60. The first-order chi connectivity index (χ1) is 10.9. The number of rotatable bonds is 5. The van der Waals surface area contributed by atoms with Crippen molar-refractivity contribution in [3.05, 3.63) is 64.5 Å². The SMILES string of the molecule is Cc1cccc(C)c1OCCNC(=O)c1ccc(F)c(F)c1F. The van der Waals surface area contributed by atoms with E-state index in [0.717, 1.165) is 22.9 Å². The zero-order chi connectivity index (χ0) is 17.0. The van der Waals surface area contributed by atoms with E-state index in [-0.39, 0.29) is 13.2 Å². The highest BCUT2D eigenvalue weighted by atomic mass is 19.2. The van der Waals surface area contributed by atoms with Crippen molar-refractivity contribution in [2.24, 2.45) is 0 Å². The smallest absolute Gasteiger partial charge is 0.254 e. The number of carbonyl (C=O) groups is 1. The van der Waals surface area contributed by atoms with E-state index in [2.05, 4.69) is 5.32 Å². The fourth-order valence-corrected chi connectivity index (χ4v) is 2.14. The number of amides is 1. The molecule has 6 heteroatoms. The van der Waals surface area contributed by atoms with Crippen LogP contribution in [0.15, 0.2) is 30.3 Å². The van der Waals surface area contributed by atoms with Crippen LogP contribution in [-0.2, 0) is 0 Å². The van der Waals surface area contributed by atoms with Gasteiger partial charge in [-0.3, -0.25) is 4.79 Å². The quantitative estimate of drug-likeness (QED) is 0.675. The highest BCUT2D eigenvalue weighted by molar-refractivity contribution is 5.94. The Morgan fingerprint density at radius 3 is 2.35 bits per heavy atom. The standard InChI is InChI=1S/C17H16F3NO2/c1-10-4-3-5-11(2)16(10)23-9-8-21-17(22)12-6-7-13(18)15(20)14(12)19/h3-7H,8-9H2,1-2H3,(H,21,22). The van der Waals surface area contributed by atoms with Crippen molar-refractivity contribution < 1.29 is 22.7 Å². The highest BCUT2D eigenvalue weighted by Gasteiger charge is 2.18. The summed E-state index contributed by atoms with van der Waals surface area (Å²) in [6.45, 7) is 4.07. The number of hydrogen-bond donors (Lipinski definition) is 1. The van der Waals surface area contributed by atoms with Gasteiger partial charge in [0, 0.05) is 0 Å². The van der Waals surface area contributed by atoms with Gasteiger partial charge >= 0.3 is 0 Å². The van der Waals surface area contributed by atoms with Crippen LogP contribution in [0.2, 0.25) is 0 Å². The summed E-state index contributed by atoms with van der Waals surface area (Å²) < 4.78 is 45.0. The van der Waals surface area contributed by atoms with Gasteiger partial charge in [-0.25, -0.2) is 13.2 Å². The Kier molecular flexibility index (Phi) is 5.26. The average Bonchev–Trinajstić information content (AvgIpc) is 2.51. The van der Waals surface area contributed by atoms with E-state index in [0.29, 0.717) is 6.07 Å². The Bertz CT molecular complexity index is 712. The van der Waals surface area contributed by atoms with E-state index >= 15 is 0 Å². The number of aryl methyl sites for hydroxylation is 2. The predicted octanol–water partition coefficient (Wildman–Crippen LogP) is 3.53. The fraction of sp³-hybridized carbons (Fsp3) is 0.235. The van der Waals surface area contributed by atoms with E-state index in [1.807, 2.05) is 32.0 Å². The van der Waals surface area contributed by atoms with E-state index in [1.54, 1.807) is 0 Å². The molecule has 3 nitrogen and oxygen atoms in total. The molecule has 0 atom stereocenters. The molecule has 0 aliphatic carbocycles. The van der Waals surface area contributed by atoms with Gasteiger partial charge < -0.3 is 10.1 Å². The van der Waals surface area contributed by atoms with Crippen molar-refractivity contribution in [3.8, 4) is 5.75 Å². The minimum atomic E-state index is -1.66. The molecule has 0 bridgehead atoms. The van der Waals surface area contributed by atoms with Gasteiger partial charge in [-0.1, -0.05) is 18.2 Å². The Labute approximate surface area is 132 Å². The van der Waals surface area contributed by atoms with Crippen molar-refractivity contribution in [2.45, 2.75) is 13.8 Å². The first kappa shape index (κ1) is 16.9. The normalized spacial score (nSPS) is 10.5. The maximum atomic E-state index is 13.5. The zero-order valence-electron chi connectivity index (χ0n) is 12.8. The monoisotopic (exact) mass is 323 g/mol. The van der Waals surface area contributed by atoms with E-state index in [1.165, 1.54) is 0 Å². The zero-order valence-corrected chi connectivity index (χ0v) is 12.8. The molecule has 0 saturated carbocycles. The average molecular weight is 323 g/mol. The lowest BCUT2D eigenvalue weighted by Crippen LogP contribution is -2.29. The van der Waals surface area contributed by atoms with Crippen LogP contribution in [0.3, 0.4) is 0 Å². The molecule has 0 fully saturated rings. The molecular weight excluding hydrogens is 307 g/mol. The maximum absolute atomic E-state index is 13.5. The van der Waals surface area contributed by atoms with Gasteiger partial charge in [0.2, 0.25) is 0 Å². The summed E-state index contributed by atoms with van der Waals surface area (Å²) in [6.07, 6.45) is 0. The van der Waals surface area contributed by atoms with Crippen LogP contribution in [0.25, 0.3) is 0 Å². The molecular formula is C17H16F3NO2. The summed E-state index contributed by atoms with van der Waals surface area (Å²) in [4.78, 5) is 11.8. The topological polar surface area (TPSA) is 38.3 Å². The summed E-state index contributed by atoms with van der Waals surface area (Å²) in [5.41, 5.74) is 1.38. The van der Waals surface area contributed by atoms with Crippen LogP contribution in [0, 0.1) is 31.3 Å². The van der Waals surface area contributed by atoms with Gasteiger partial charge in [-0.05, 0) is 37.1 Å². The minimum absolute atomic E-state index is 0.102. The number of carbonyl (C=O) groups excluding carboxylic acids is 1. The van der Waals surface area contributed by atoms with Crippen LogP contribution in [0.1, 0.15) is 21.5 Å². The molecule has 122 valence electrons. The molecule has 2 aromatic carbocycles. The van der Waals surface area contributed by atoms with Crippen molar-refractivity contribution in [3.63, 3.8) is 0 Å². The molecule has 0 aliphatic heterocycles. The molecule has 2 rings (SSSR count). The van der Waals surface area contributed by atoms with E-state index in [4.69, 9.17) is 4.74 Å². The third-order valence-corrected chi connectivity index (χ3v) is 3.32.